The van der Waals surface area contributed by atoms with E-state index >= 15 is 0 Å². The zero-order valence-corrected chi connectivity index (χ0v) is 14.8. The van der Waals surface area contributed by atoms with E-state index in [1.54, 1.807) is 0 Å². The van der Waals surface area contributed by atoms with Gasteiger partial charge in [-0.1, -0.05) is 33.6 Å². The highest BCUT2D eigenvalue weighted by atomic mass is 15.2. The van der Waals surface area contributed by atoms with E-state index in [0.717, 1.165) is 19.4 Å². The standard InChI is InChI=1S/C18H35N3/c1-6-11-20-17(5,15-19)14-16(4)21-12-9-18(7-2,8-3)10-13-21/h16,20H,6-14H2,1-5H3. The second-order valence-electron chi connectivity index (χ2n) is 7.17. The average molecular weight is 293 g/mol. The van der Waals surface area contributed by atoms with Crippen LogP contribution in [0.2, 0.25) is 0 Å². The largest absolute Gasteiger partial charge is 0.301 e. The lowest BCUT2D eigenvalue weighted by atomic mass is 9.74. The van der Waals surface area contributed by atoms with E-state index in [4.69, 9.17) is 0 Å². The van der Waals surface area contributed by atoms with Crippen molar-refractivity contribution >= 4 is 0 Å². The fourth-order valence-electron chi connectivity index (χ4n) is 3.67. The third-order valence-electron chi connectivity index (χ3n) is 5.70. The Morgan fingerprint density at radius 3 is 2.24 bits per heavy atom. The van der Waals surface area contributed by atoms with Crippen LogP contribution in [-0.4, -0.2) is 36.1 Å². The SMILES string of the molecule is CCCNC(C)(C#N)CC(C)N1CCC(CC)(CC)CC1. The molecule has 2 unspecified atom stereocenters. The predicted octanol–water partition coefficient (Wildman–Crippen LogP) is 3.95. The van der Waals surface area contributed by atoms with Crippen LogP contribution in [0.5, 0.6) is 0 Å². The summed E-state index contributed by atoms with van der Waals surface area (Å²) < 4.78 is 0. The van der Waals surface area contributed by atoms with Gasteiger partial charge in [0, 0.05) is 6.04 Å². The Labute approximate surface area is 132 Å². The average Bonchev–Trinajstić information content (AvgIpc) is 2.53. The maximum atomic E-state index is 9.49. The van der Waals surface area contributed by atoms with E-state index < -0.39 is 0 Å². The van der Waals surface area contributed by atoms with E-state index in [2.05, 4.69) is 44.0 Å². The molecule has 0 aromatic heterocycles. The van der Waals surface area contributed by atoms with Crippen LogP contribution in [0, 0.1) is 16.7 Å². The van der Waals surface area contributed by atoms with Gasteiger partial charge in [-0.05, 0) is 64.6 Å². The third-order valence-corrected chi connectivity index (χ3v) is 5.70. The second kappa shape index (κ2) is 8.15. The molecule has 1 N–H and O–H groups in total. The zero-order chi connectivity index (χ0) is 15.9. The highest BCUT2D eigenvalue weighted by molar-refractivity contribution is 5.05. The molecule has 1 fully saturated rings. The first-order valence-corrected chi connectivity index (χ1v) is 8.84. The molecule has 0 aromatic rings. The number of nitrogens with one attached hydrogen (secondary N) is 1. The summed E-state index contributed by atoms with van der Waals surface area (Å²) in [6.07, 6.45) is 7.23. The summed E-state index contributed by atoms with van der Waals surface area (Å²) in [5.74, 6) is 0. The molecule has 1 heterocycles. The van der Waals surface area contributed by atoms with Gasteiger partial charge < -0.3 is 4.90 Å². The molecule has 1 aliphatic heterocycles. The first-order chi connectivity index (χ1) is 9.94. The number of likely N-dealkylation sites (tertiary alicyclic amines) is 1. The van der Waals surface area contributed by atoms with Crippen LogP contribution in [0.4, 0.5) is 0 Å². The van der Waals surface area contributed by atoms with E-state index in [1.165, 1.54) is 38.8 Å². The molecule has 1 aliphatic rings. The van der Waals surface area contributed by atoms with E-state index in [9.17, 15) is 5.26 Å². The topological polar surface area (TPSA) is 39.1 Å². The van der Waals surface area contributed by atoms with Crippen molar-refractivity contribution in [2.24, 2.45) is 5.41 Å². The van der Waals surface area contributed by atoms with Gasteiger partial charge in [0.05, 0.1) is 6.07 Å². The number of rotatable bonds is 8. The van der Waals surface area contributed by atoms with E-state index in [1.807, 2.05) is 6.92 Å². The lowest BCUT2D eigenvalue weighted by Gasteiger charge is -2.44. The number of hydrogen-bond acceptors (Lipinski definition) is 3. The monoisotopic (exact) mass is 293 g/mol. The molecule has 1 saturated heterocycles. The minimum Gasteiger partial charge on any atom is -0.301 e. The van der Waals surface area contributed by atoms with Crippen molar-refractivity contribution < 1.29 is 0 Å². The first-order valence-electron chi connectivity index (χ1n) is 8.84. The van der Waals surface area contributed by atoms with Gasteiger partial charge in [0.1, 0.15) is 5.54 Å². The molecule has 0 bridgehead atoms. The Kier molecular flexibility index (Phi) is 7.16. The third kappa shape index (κ3) is 4.97. The van der Waals surface area contributed by atoms with Gasteiger partial charge in [-0.25, -0.2) is 0 Å². The van der Waals surface area contributed by atoms with E-state index in [0.29, 0.717) is 11.5 Å². The first kappa shape index (κ1) is 18.5. The number of nitriles is 1. The Morgan fingerprint density at radius 2 is 1.81 bits per heavy atom. The molecule has 0 saturated carbocycles. The van der Waals surface area contributed by atoms with Crippen LogP contribution in [0.15, 0.2) is 0 Å². The van der Waals surface area contributed by atoms with Gasteiger partial charge >= 0.3 is 0 Å². The molecule has 1 rings (SSSR count). The van der Waals surface area contributed by atoms with Crippen molar-refractivity contribution in [3.8, 4) is 6.07 Å². The van der Waals surface area contributed by atoms with Crippen LogP contribution in [0.1, 0.15) is 73.1 Å². The fraction of sp³-hybridized carbons (Fsp3) is 0.944. The quantitative estimate of drug-likeness (QED) is 0.736. The van der Waals surface area contributed by atoms with Gasteiger partial charge in [0.25, 0.3) is 0 Å². The summed E-state index contributed by atoms with van der Waals surface area (Å²) in [7, 11) is 0. The van der Waals surface area contributed by atoms with Crippen molar-refractivity contribution in [2.75, 3.05) is 19.6 Å². The summed E-state index contributed by atoms with van der Waals surface area (Å²) in [5.41, 5.74) is 0.189. The van der Waals surface area contributed by atoms with Crippen molar-refractivity contribution in [2.45, 2.75) is 84.7 Å². The fourth-order valence-corrected chi connectivity index (χ4v) is 3.67. The zero-order valence-electron chi connectivity index (χ0n) is 14.8. The Bertz CT molecular complexity index is 333. The van der Waals surface area contributed by atoms with Crippen LogP contribution in [-0.2, 0) is 0 Å². The van der Waals surface area contributed by atoms with Crippen molar-refractivity contribution in [1.29, 1.82) is 5.26 Å². The van der Waals surface area contributed by atoms with Crippen molar-refractivity contribution in [3.05, 3.63) is 0 Å². The van der Waals surface area contributed by atoms with Gasteiger partial charge in [-0.15, -0.1) is 0 Å². The summed E-state index contributed by atoms with van der Waals surface area (Å²) >= 11 is 0. The Hall–Kier alpha value is -0.590. The molecule has 0 aliphatic carbocycles. The number of piperidine rings is 1. The van der Waals surface area contributed by atoms with Gasteiger partial charge in [0.15, 0.2) is 0 Å². The highest BCUT2D eigenvalue weighted by Crippen LogP contribution is 2.38. The second-order valence-corrected chi connectivity index (χ2v) is 7.17. The van der Waals surface area contributed by atoms with Crippen molar-refractivity contribution in [3.63, 3.8) is 0 Å². The van der Waals surface area contributed by atoms with Crippen LogP contribution < -0.4 is 5.32 Å². The molecule has 3 nitrogen and oxygen atoms in total. The lowest BCUT2D eigenvalue weighted by molar-refractivity contribution is 0.0627. The van der Waals surface area contributed by atoms with Crippen molar-refractivity contribution in [1.82, 2.24) is 10.2 Å². The van der Waals surface area contributed by atoms with Crippen LogP contribution in [0.25, 0.3) is 0 Å². The lowest BCUT2D eigenvalue weighted by Crippen LogP contribution is -2.50. The molecule has 21 heavy (non-hydrogen) atoms. The van der Waals surface area contributed by atoms with Crippen LogP contribution >= 0.6 is 0 Å². The van der Waals surface area contributed by atoms with Crippen LogP contribution in [0.3, 0.4) is 0 Å². The molecule has 0 spiro atoms. The predicted molar refractivity (Wildman–Crippen MR) is 90.2 cm³/mol. The number of hydrogen-bond donors (Lipinski definition) is 1. The molecule has 3 heteroatoms. The maximum Gasteiger partial charge on any atom is 0.105 e. The Morgan fingerprint density at radius 1 is 1.24 bits per heavy atom. The normalized spacial score (nSPS) is 23.2. The summed E-state index contributed by atoms with van der Waals surface area (Å²) in [6, 6.07) is 2.96. The molecule has 122 valence electrons. The smallest absolute Gasteiger partial charge is 0.105 e. The van der Waals surface area contributed by atoms with Gasteiger partial charge in [-0.3, -0.25) is 5.32 Å². The van der Waals surface area contributed by atoms with Gasteiger partial charge in [-0.2, -0.15) is 5.26 Å². The maximum absolute atomic E-state index is 9.49. The summed E-state index contributed by atoms with van der Waals surface area (Å²) in [4.78, 5) is 2.59. The molecular weight excluding hydrogens is 258 g/mol. The molecular formula is C18H35N3. The van der Waals surface area contributed by atoms with E-state index in [-0.39, 0.29) is 5.54 Å². The minimum atomic E-state index is -0.389. The highest BCUT2D eigenvalue weighted by Gasteiger charge is 2.34. The molecule has 0 amide bonds. The summed E-state index contributed by atoms with van der Waals surface area (Å²) in [5, 5.41) is 12.9. The number of nitrogens with zero attached hydrogens (tertiary/aromatic N) is 2. The molecule has 0 aromatic carbocycles. The van der Waals surface area contributed by atoms with Gasteiger partial charge in [0.2, 0.25) is 0 Å². The molecule has 2 atom stereocenters. The Balaban J connectivity index is 2.53. The summed E-state index contributed by atoms with van der Waals surface area (Å²) in [6.45, 7) is 14.5. The molecule has 0 radical (unpaired) electrons. The minimum absolute atomic E-state index is 0.389.